The van der Waals surface area contributed by atoms with E-state index in [1.54, 1.807) is 0 Å². The molecule has 15 heavy (non-hydrogen) atoms. The van der Waals surface area contributed by atoms with Crippen LogP contribution in [-0.4, -0.2) is 18.2 Å². The Morgan fingerprint density at radius 2 is 2.33 bits per heavy atom. The van der Waals surface area contributed by atoms with E-state index in [4.69, 9.17) is 11.6 Å². The summed E-state index contributed by atoms with van der Waals surface area (Å²) < 4.78 is 0. The standard InChI is InChI=1S/C12H16ClNO/c13-11-5-1-3-9(7-11)12(15)10-4-2-6-14-8-10/h1,3,5,7,10,12,14-15H,2,4,6,8H2/t10-,12-/m1/s1. The van der Waals surface area contributed by atoms with E-state index in [9.17, 15) is 5.11 Å². The quantitative estimate of drug-likeness (QED) is 0.810. The van der Waals surface area contributed by atoms with Crippen LogP contribution < -0.4 is 5.32 Å². The highest BCUT2D eigenvalue weighted by Gasteiger charge is 2.22. The maximum absolute atomic E-state index is 10.2. The average Bonchev–Trinajstić information content (AvgIpc) is 2.29. The average molecular weight is 226 g/mol. The van der Waals surface area contributed by atoms with E-state index in [0.29, 0.717) is 10.9 Å². The predicted octanol–water partition coefficient (Wildman–Crippen LogP) is 2.37. The SMILES string of the molecule is O[C@H](c1cccc(Cl)c1)[C@@H]1CCCNC1. The van der Waals surface area contributed by atoms with E-state index in [2.05, 4.69) is 5.32 Å². The normalized spacial score (nSPS) is 23.7. The summed E-state index contributed by atoms with van der Waals surface area (Å²) in [4.78, 5) is 0. The van der Waals surface area contributed by atoms with Crippen molar-refractivity contribution in [3.8, 4) is 0 Å². The lowest BCUT2D eigenvalue weighted by molar-refractivity contribution is 0.0922. The van der Waals surface area contributed by atoms with Crippen molar-refractivity contribution in [3.63, 3.8) is 0 Å². The van der Waals surface area contributed by atoms with Gasteiger partial charge in [0, 0.05) is 17.5 Å². The Morgan fingerprint density at radius 1 is 1.47 bits per heavy atom. The van der Waals surface area contributed by atoms with Crippen LogP contribution in [0.2, 0.25) is 5.02 Å². The molecule has 82 valence electrons. The van der Waals surface area contributed by atoms with Gasteiger partial charge >= 0.3 is 0 Å². The second-order valence-electron chi connectivity index (χ2n) is 4.11. The van der Waals surface area contributed by atoms with Crippen LogP contribution in [0.4, 0.5) is 0 Å². The molecular weight excluding hydrogens is 210 g/mol. The molecule has 0 radical (unpaired) electrons. The lowest BCUT2D eigenvalue weighted by atomic mass is 9.89. The third-order valence-electron chi connectivity index (χ3n) is 2.97. The van der Waals surface area contributed by atoms with Crippen LogP contribution in [0.3, 0.4) is 0 Å². The number of halogens is 1. The van der Waals surface area contributed by atoms with Gasteiger partial charge < -0.3 is 10.4 Å². The molecule has 2 N–H and O–H groups in total. The van der Waals surface area contributed by atoms with Gasteiger partial charge in [-0.05, 0) is 37.1 Å². The van der Waals surface area contributed by atoms with Crippen LogP contribution in [0.1, 0.15) is 24.5 Å². The molecule has 2 rings (SSSR count). The van der Waals surface area contributed by atoms with Crippen molar-refractivity contribution in [1.82, 2.24) is 5.32 Å². The summed E-state index contributed by atoms with van der Waals surface area (Å²) in [6.07, 6.45) is 1.83. The van der Waals surface area contributed by atoms with Crippen molar-refractivity contribution < 1.29 is 5.11 Å². The van der Waals surface area contributed by atoms with Gasteiger partial charge in [-0.25, -0.2) is 0 Å². The Bertz CT molecular complexity index is 323. The number of hydrogen-bond donors (Lipinski definition) is 2. The van der Waals surface area contributed by atoms with Crippen LogP contribution in [0.15, 0.2) is 24.3 Å². The summed E-state index contributed by atoms with van der Waals surface area (Å²) in [5, 5.41) is 14.2. The third kappa shape index (κ3) is 2.71. The summed E-state index contributed by atoms with van der Waals surface area (Å²) in [6, 6.07) is 7.50. The van der Waals surface area contributed by atoms with Gasteiger partial charge in [-0.3, -0.25) is 0 Å². The monoisotopic (exact) mass is 225 g/mol. The number of nitrogens with one attached hydrogen (secondary N) is 1. The summed E-state index contributed by atoms with van der Waals surface area (Å²) in [5.74, 6) is 0.317. The molecule has 0 aromatic heterocycles. The topological polar surface area (TPSA) is 32.3 Å². The fourth-order valence-electron chi connectivity index (χ4n) is 2.11. The van der Waals surface area contributed by atoms with Crippen LogP contribution >= 0.6 is 11.6 Å². The first-order valence-corrected chi connectivity index (χ1v) is 5.79. The molecule has 1 heterocycles. The maximum atomic E-state index is 10.2. The molecule has 3 heteroatoms. The first-order valence-electron chi connectivity index (χ1n) is 5.41. The molecule has 0 amide bonds. The van der Waals surface area contributed by atoms with Crippen molar-refractivity contribution in [1.29, 1.82) is 0 Å². The van der Waals surface area contributed by atoms with Crippen LogP contribution in [0, 0.1) is 5.92 Å². The molecule has 1 aromatic carbocycles. The van der Waals surface area contributed by atoms with Crippen LogP contribution in [0.5, 0.6) is 0 Å². The first-order chi connectivity index (χ1) is 7.27. The highest BCUT2D eigenvalue weighted by atomic mass is 35.5. The molecule has 1 saturated heterocycles. The zero-order chi connectivity index (χ0) is 10.7. The number of piperidine rings is 1. The zero-order valence-electron chi connectivity index (χ0n) is 8.62. The van der Waals surface area contributed by atoms with Gasteiger partial charge in [0.25, 0.3) is 0 Å². The summed E-state index contributed by atoms with van der Waals surface area (Å²) in [6.45, 7) is 1.96. The molecule has 1 aliphatic rings. The highest BCUT2D eigenvalue weighted by molar-refractivity contribution is 6.30. The molecule has 0 unspecified atom stereocenters. The molecule has 1 aromatic rings. The predicted molar refractivity (Wildman–Crippen MR) is 62.0 cm³/mol. The lowest BCUT2D eigenvalue weighted by Crippen LogP contribution is -2.33. The molecule has 1 aliphatic heterocycles. The smallest absolute Gasteiger partial charge is 0.0830 e. The Labute approximate surface area is 95.3 Å². The van der Waals surface area contributed by atoms with Gasteiger partial charge in [0.15, 0.2) is 0 Å². The largest absolute Gasteiger partial charge is 0.388 e. The molecule has 2 atom stereocenters. The number of benzene rings is 1. The van der Waals surface area contributed by atoms with Crippen molar-refractivity contribution in [3.05, 3.63) is 34.9 Å². The van der Waals surface area contributed by atoms with Gasteiger partial charge in [-0.1, -0.05) is 23.7 Å². The van der Waals surface area contributed by atoms with Crippen molar-refractivity contribution in [2.75, 3.05) is 13.1 Å². The van der Waals surface area contributed by atoms with E-state index in [1.165, 1.54) is 0 Å². The molecule has 0 saturated carbocycles. The van der Waals surface area contributed by atoms with E-state index in [0.717, 1.165) is 31.5 Å². The van der Waals surface area contributed by atoms with E-state index in [-0.39, 0.29) is 0 Å². The number of aliphatic hydroxyl groups is 1. The first kappa shape index (κ1) is 10.9. The summed E-state index contributed by atoms with van der Waals surface area (Å²) in [5.41, 5.74) is 0.927. The Kier molecular flexibility index (Phi) is 3.62. The lowest BCUT2D eigenvalue weighted by Gasteiger charge is -2.27. The molecule has 0 bridgehead atoms. The second-order valence-corrected chi connectivity index (χ2v) is 4.54. The van der Waals surface area contributed by atoms with Gasteiger partial charge in [-0.2, -0.15) is 0 Å². The Morgan fingerprint density at radius 3 is 3.00 bits per heavy atom. The Balaban J connectivity index is 2.08. The third-order valence-corrected chi connectivity index (χ3v) is 3.21. The van der Waals surface area contributed by atoms with Crippen molar-refractivity contribution in [2.24, 2.45) is 5.92 Å². The summed E-state index contributed by atoms with van der Waals surface area (Å²) >= 11 is 5.90. The minimum absolute atomic E-state index is 0.317. The van der Waals surface area contributed by atoms with E-state index >= 15 is 0 Å². The van der Waals surface area contributed by atoms with Gasteiger partial charge in [-0.15, -0.1) is 0 Å². The van der Waals surface area contributed by atoms with Gasteiger partial charge in [0.05, 0.1) is 6.10 Å². The van der Waals surface area contributed by atoms with E-state index < -0.39 is 6.10 Å². The highest BCUT2D eigenvalue weighted by Crippen LogP contribution is 2.28. The second kappa shape index (κ2) is 4.97. The van der Waals surface area contributed by atoms with E-state index in [1.807, 2.05) is 24.3 Å². The number of rotatable bonds is 2. The molecule has 0 spiro atoms. The fourth-order valence-corrected chi connectivity index (χ4v) is 2.31. The molecule has 2 nitrogen and oxygen atoms in total. The molecule has 1 fully saturated rings. The Hall–Kier alpha value is -0.570. The minimum atomic E-state index is -0.392. The van der Waals surface area contributed by atoms with Gasteiger partial charge in [0.2, 0.25) is 0 Å². The maximum Gasteiger partial charge on any atom is 0.0830 e. The van der Waals surface area contributed by atoms with Crippen LogP contribution in [0.25, 0.3) is 0 Å². The van der Waals surface area contributed by atoms with Gasteiger partial charge in [0.1, 0.15) is 0 Å². The number of hydrogen-bond acceptors (Lipinski definition) is 2. The van der Waals surface area contributed by atoms with Crippen LogP contribution in [-0.2, 0) is 0 Å². The number of aliphatic hydroxyl groups excluding tert-OH is 1. The summed E-state index contributed by atoms with van der Waals surface area (Å²) in [7, 11) is 0. The zero-order valence-corrected chi connectivity index (χ0v) is 9.37. The molecular formula is C12H16ClNO. The molecule has 0 aliphatic carbocycles. The minimum Gasteiger partial charge on any atom is -0.388 e. The fraction of sp³-hybridized carbons (Fsp3) is 0.500. The van der Waals surface area contributed by atoms with Crippen molar-refractivity contribution >= 4 is 11.6 Å². The van der Waals surface area contributed by atoms with Crippen molar-refractivity contribution in [2.45, 2.75) is 18.9 Å².